The SMILES string of the molecule is C=CCC1CCCCC1(OC(C)=O)OC(C)=O. The van der Waals surface area contributed by atoms with Crippen molar-refractivity contribution in [2.45, 2.75) is 51.7 Å². The largest absolute Gasteiger partial charge is 0.422 e. The molecule has 17 heavy (non-hydrogen) atoms. The monoisotopic (exact) mass is 240 g/mol. The molecule has 0 radical (unpaired) electrons. The first kappa shape index (κ1) is 13.7. The van der Waals surface area contributed by atoms with Crippen LogP contribution < -0.4 is 0 Å². The highest BCUT2D eigenvalue weighted by atomic mass is 16.7. The molecule has 0 aromatic carbocycles. The van der Waals surface area contributed by atoms with Crippen molar-refractivity contribution in [1.29, 1.82) is 0 Å². The Labute approximate surface area is 102 Å². The Balaban J connectivity index is 2.92. The number of rotatable bonds is 4. The lowest BCUT2D eigenvalue weighted by molar-refractivity contribution is -0.255. The summed E-state index contributed by atoms with van der Waals surface area (Å²) < 4.78 is 10.7. The smallest absolute Gasteiger partial charge is 0.305 e. The molecule has 0 N–H and O–H groups in total. The molecule has 96 valence electrons. The molecule has 1 aliphatic carbocycles. The van der Waals surface area contributed by atoms with E-state index in [1.165, 1.54) is 13.8 Å². The second-order valence-electron chi connectivity index (χ2n) is 4.47. The van der Waals surface area contributed by atoms with Crippen LogP contribution in [-0.4, -0.2) is 17.7 Å². The first-order valence-corrected chi connectivity index (χ1v) is 6.00. The molecular weight excluding hydrogens is 220 g/mol. The minimum atomic E-state index is -1.08. The Morgan fingerprint density at radius 1 is 1.29 bits per heavy atom. The summed E-state index contributed by atoms with van der Waals surface area (Å²) in [6.07, 6.45) is 5.87. The van der Waals surface area contributed by atoms with Crippen LogP contribution in [-0.2, 0) is 19.1 Å². The quantitative estimate of drug-likeness (QED) is 0.430. The van der Waals surface area contributed by atoms with E-state index in [2.05, 4.69) is 6.58 Å². The van der Waals surface area contributed by atoms with Crippen molar-refractivity contribution >= 4 is 11.9 Å². The van der Waals surface area contributed by atoms with Crippen molar-refractivity contribution < 1.29 is 19.1 Å². The van der Waals surface area contributed by atoms with Gasteiger partial charge >= 0.3 is 11.9 Å². The van der Waals surface area contributed by atoms with Crippen molar-refractivity contribution in [1.82, 2.24) is 0 Å². The number of ether oxygens (including phenoxy) is 2. The molecule has 0 heterocycles. The topological polar surface area (TPSA) is 52.6 Å². The van der Waals surface area contributed by atoms with Gasteiger partial charge < -0.3 is 9.47 Å². The summed E-state index contributed by atoms with van der Waals surface area (Å²) in [6.45, 7) is 6.37. The van der Waals surface area contributed by atoms with Crippen molar-refractivity contribution in [3.05, 3.63) is 12.7 Å². The Hall–Kier alpha value is -1.32. The summed E-state index contributed by atoms with van der Waals surface area (Å²) >= 11 is 0. The van der Waals surface area contributed by atoms with E-state index in [1.54, 1.807) is 6.08 Å². The van der Waals surface area contributed by atoms with E-state index in [9.17, 15) is 9.59 Å². The standard InChI is InChI=1S/C13H20O4/c1-4-7-12-8-5-6-9-13(12,16-10(2)14)17-11(3)15/h4,12H,1,5-9H2,2-3H3. The average Bonchev–Trinajstić information content (AvgIpc) is 2.19. The Kier molecular flexibility index (Phi) is 4.73. The first-order valence-electron chi connectivity index (χ1n) is 6.00. The third kappa shape index (κ3) is 3.58. The van der Waals surface area contributed by atoms with E-state index < -0.39 is 17.7 Å². The summed E-state index contributed by atoms with van der Waals surface area (Å²) in [5, 5.41) is 0. The maximum Gasteiger partial charge on any atom is 0.305 e. The molecule has 1 fully saturated rings. The molecule has 0 aromatic heterocycles. The van der Waals surface area contributed by atoms with Crippen LogP contribution in [0.4, 0.5) is 0 Å². The van der Waals surface area contributed by atoms with Crippen LogP contribution in [0.3, 0.4) is 0 Å². The van der Waals surface area contributed by atoms with Crippen LogP contribution in [0.2, 0.25) is 0 Å². The molecule has 1 unspecified atom stereocenters. The van der Waals surface area contributed by atoms with Crippen LogP contribution in [0.25, 0.3) is 0 Å². The fourth-order valence-electron chi connectivity index (χ4n) is 2.46. The molecule has 4 heteroatoms. The highest BCUT2D eigenvalue weighted by Gasteiger charge is 2.46. The minimum absolute atomic E-state index is 0.0153. The lowest BCUT2D eigenvalue weighted by Crippen LogP contribution is -2.48. The molecule has 1 aliphatic rings. The Morgan fingerprint density at radius 3 is 2.35 bits per heavy atom. The van der Waals surface area contributed by atoms with Crippen LogP contribution in [0.15, 0.2) is 12.7 Å². The molecular formula is C13H20O4. The van der Waals surface area contributed by atoms with E-state index in [0.717, 1.165) is 19.3 Å². The van der Waals surface area contributed by atoms with Crippen molar-refractivity contribution in [3.63, 3.8) is 0 Å². The van der Waals surface area contributed by atoms with E-state index >= 15 is 0 Å². The fraction of sp³-hybridized carbons (Fsp3) is 0.692. The van der Waals surface area contributed by atoms with Gasteiger partial charge in [0, 0.05) is 26.2 Å². The molecule has 1 saturated carbocycles. The summed E-state index contributed by atoms with van der Waals surface area (Å²) in [7, 11) is 0. The van der Waals surface area contributed by atoms with Crippen molar-refractivity contribution in [2.75, 3.05) is 0 Å². The predicted molar refractivity (Wildman–Crippen MR) is 63.0 cm³/mol. The van der Waals surface area contributed by atoms with Gasteiger partial charge in [-0.2, -0.15) is 0 Å². The molecule has 0 bridgehead atoms. The van der Waals surface area contributed by atoms with Gasteiger partial charge in [0.25, 0.3) is 5.79 Å². The van der Waals surface area contributed by atoms with Gasteiger partial charge in [-0.15, -0.1) is 6.58 Å². The molecule has 0 spiro atoms. The van der Waals surface area contributed by atoms with Gasteiger partial charge in [0.15, 0.2) is 0 Å². The van der Waals surface area contributed by atoms with Gasteiger partial charge in [0.2, 0.25) is 0 Å². The zero-order chi connectivity index (χ0) is 12.9. The van der Waals surface area contributed by atoms with Crippen molar-refractivity contribution in [2.24, 2.45) is 5.92 Å². The minimum Gasteiger partial charge on any atom is -0.422 e. The number of allylic oxidation sites excluding steroid dienone is 1. The predicted octanol–water partition coefficient (Wildman–Crippen LogP) is 2.58. The molecule has 0 amide bonds. The van der Waals surface area contributed by atoms with Crippen LogP contribution in [0.5, 0.6) is 0 Å². The molecule has 0 aromatic rings. The highest BCUT2D eigenvalue weighted by Crippen LogP contribution is 2.40. The normalized spacial score (nSPS) is 22.6. The van der Waals surface area contributed by atoms with Crippen LogP contribution in [0, 0.1) is 5.92 Å². The Bertz CT molecular complexity index is 293. The fourth-order valence-corrected chi connectivity index (χ4v) is 2.46. The summed E-state index contributed by atoms with van der Waals surface area (Å²) in [5.74, 6) is -1.89. The maximum atomic E-state index is 11.2. The summed E-state index contributed by atoms with van der Waals surface area (Å²) in [4.78, 5) is 22.4. The molecule has 0 saturated heterocycles. The number of hydrogen-bond acceptors (Lipinski definition) is 4. The van der Waals surface area contributed by atoms with Gasteiger partial charge in [-0.05, 0) is 19.3 Å². The summed E-state index contributed by atoms with van der Waals surface area (Å²) in [6, 6.07) is 0. The summed E-state index contributed by atoms with van der Waals surface area (Å²) in [5.41, 5.74) is 0. The number of hydrogen-bond donors (Lipinski definition) is 0. The molecule has 1 atom stereocenters. The van der Waals surface area contributed by atoms with Crippen LogP contribution >= 0.6 is 0 Å². The van der Waals surface area contributed by atoms with E-state index in [1.807, 2.05) is 0 Å². The number of carbonyl (C=O) groups excluding carboxylic acids is 2. The molecule has 4 nitrogen and oxygen atoms in total. The van der Waals surface area contributed by atoms with Gasteiger partial charge in [-0.25, -0.2) is 0 Å². The molecule has 0 aliphatic heterocycles. The maximum absolute atomic E-state index is 11.2. The van der Waals surface area contributed by atoms with E-state index in [0.29, 0.717) is 12.8 Å². The van der Waals surface area contributed by atoms with Gasteiger partial charge in [0.1, 0.15) is 0 Å². The lowest BCUT2D eigenvalue weighted by Gasteiger charge is -2.41. The van der Waals surface area contributed by atoms with Crippen LogP contribution in [0.1, 0.15) is 46.0 Å². The number of carbonyl (C=O) groups is 2. The average molecular weight is 240 g/mol. The second-order valence-corrected chi connectivity index (χ2v) is 4.47. The first-order chi connectivity index (χ1) is 8.00. The van der Waals surface area contributed by atoms with Gasteiger partial charge in [-0.1, -0.05) is 12.5 Å². The number of esters is 2. The second kappa shape index (κ2) is 5.84. The van der Waals surface area contributed by atoms with E-state index in [-0.39, 0.29) is 5.92 Å². The van der Waals surface area contributed by atoms with Gasteiger partial charge in [0.05, 0.1) is 0 Å². The Morgan fingerprint density at radius 2 is 1.88 bits per heavy atom. The van der Waals surface area contributed by atoms with Gasteiger partial charge in [-0.3, -0.25) is 9.59 Å². The molecule has 1 rings (SSSR count). The van der Waals surface area contributed by atoms with E-state index in [4.69, 9.17) is 9.47 Å². The highest BCUT2D eigenvalue weighted by molar-refractivity contribution is 5.69. The van der Waals surface area contributed by atoms with Crippen molar-refractivity contribution in [3.8, 4) is 0 Å². The zero-order valence-corrected chi connectivity index (χ0v) is 10.5. The zero-order valence-electron chi connectivity index (χ0n) is 10.5. The third-order valence-corrected chi connectivity index (χ3v) is 3.03. The lowest BCUT2D eigenvalue weighted by atomic mass is 9.81. The third-order valence-electron chi connectivity index (χ3n) is 3.03.